The number of carboxylic acids is 1. The van der Waals surface area contributed by atoms with Gasteiger partial charge in [-0.25, -0.2) is 0 Å². The summed E-state index contributed by atoms with van der Waals surface area (Å²) in [6.45, 7) is 1.05. The van der Waals surface area contributed by atoms with E-state index in [9.17, 15) is 18.0 Å². The van der Waals surface area contributed by atoms with E-state index in [2.05, 4.69) is 15.5 Å². The third-order valence-electron chi connectivity index (χ3n) is 2.13. The lowest BCUT2D eigenvalue weighted by Gasteiger charge is -2.16. The number of carboxylic acid groups (broad SMARTS) is 1. The average Bonchev–Trinajstić information content (AvgIpc) is 2.61. The largest absolute Gasteiger partial charge is 0.481 e. The van der Waals surface area contributed by atoms with Crippen molar-refractivity contribution in [3.05, 3.63) is 11.7 Å². The molecule has 0 spiro atoms. The summed E-state index contributed by atoms with van der Waals surface area (Å²) in [4.78, 5) is 14.3. The van der Waals surface area contributed by atoms with Crippen LogP contribution >= 0.6 is 0 Å². The van der Waals surface area contributed by atoms with Crippen molar-refractivity contribution in [1.82, 2.24) is 15.5 Å². The molecule has 0 saturated carbocycles. The summed E-state index contributed by atoms with van der Waals surface area (Å²) in [5, 5.41) is 14.3. The SMILES string of the molecule is Cc1noc(CCNCC(C(=O)O)C(F)(F)F)n1. The molecule has 0 aromatic carbocycles. The van der Waals surface area contributed by atoms with Crippen molar-refractivity contribution in [2.45, 2.75) is 19.5 Å². The first kappa shape index (κ1) is 14.4. The van der Waals surface area contributed by atoms with Crippen molar-refractivity contribution in [2.75, 3.05) is 13.1 Å². The van der Waals surface area contributed by atoms with Gasteiger partial charge in [-0.05, 0) is 6.92 Å². The molecule has 1 atom stereocenters. The molecule has 0 radical (unpaired) electrons. The summed E-state index contributed by atoms with van der Waals surface area (Å²) in [6, 6.07) is 0. The van der Waals surface area contributed by atoms with E-state index in [0.717, 1.165) is 0 Å². The molecule has 18 heavy (non-hydrogen) atoms. The van der Waals surface area contributed by atoms with E-state index < -0.39 is 24.6 Å². The minimum absolute atomic E-state index is 0.126. The summed E-state index contributed by atoms with van der Waals surface area (Å²) >= 11 is 0. The minimum atomic E-state index is -4.76. The number of carbonyl (C=O) groups is 1. The Morgan fingerprint density at radius 2 is 2.22 bits per heavy atom. The Kier molecular flexibility index (Phi) is 4.65. The molecule has 1 heterocycles. The maximum atomic E-state index is 12.3. The topological polar surface area (TPSA) is 88.2 Å². The van der Waals surface area contributed by atoms with Gasteiger partial charge in [0.05, 0.1) is 0 Å². The predicted octanol–water partition coefficient (Wildman–Crippen LogP) is 0.773. The van der Waals surface area contributed by atoms with Crippen molar-refractivity contribution in [2.24, 2.45) is 5.92 Å². The molecule has 0 aliphatic rings. The summed E-state index contributed by atoms with van der Waals surface area (Å²) in [5.41, 5.74) is 0. The molecule has 1 aromatic heterocycles. The fraction of sp³-hybridized carbons (Fsp3) is 0.667. The van der Waals surface area contributed by atoms with E-state index in [-0.39, 0.29) is 13.0 Å². The van der Waals surface area contributed by atoms with Crippen LogP contribution in [-0.4, -0.2) is 40.5 Å². The molecule has 0 aliphatic heterocycles. The zero-order valence-electron chi connectivity index (χ0n) is 9.49. The molecular formula is C9H12F3N3O3. The van der Waals surface area contributed by atoms with Crippen LogP contribution in [0.2, 0.25) is 0 Å². The van der Waals surface area contributed by atoms with Gasteiger partial charge in [-0.15, -0.1) is 0 Å². The highest BCUT2D eigenvalue weighted by molar-refractivity contribution is 5.71. The third kappa shape index (κ3) is 4.32. The number of rotatable bonds is 6. The van der Waals surface area contributed by atoms with Gasteiger partial charge in [-0.1, -0.05) is 5.16 Å². The molecule has 9 heteroatoms. The van der Waals surface area contributed by atoms with Crippen molar-refractivity contribution >= 4 is 5.97 Å². The lowest BCUT2D eigenvalue weighted by Crippen LogP contribution is -2.39. The number of nitrogens with one attached hydrogen (secondary N) is 1. The van der Waals surface area contributed by atoms with Crippen LogP contribution in [0.4, 0.5) is 13.2 Å². The minimum Gasteiger partial charge on any atom is -0.481 e. The van der Waals surface area contributed by atoms with E-state index in [1.807, 2.05) is 0 Å². The Hall–Kier alpha value is -1.64. The zero-order chi connectivity index (χ0) is 13.8. The molecule has 2 N–H and O–H groups in total. The van der Waals surface area contributed by atoms with Crippen molar-refractivity contribution in [1.29, 1.82) is 0 Å². The highest BCUT2D eigenvalue weighted by Crippen LogP contribution is 2.25. The van der Waals surface area contributed by atoms with Crippen LogP contribution in [0.25, 0.3) is 0 Å². The summed E-state index contributed by atoms with van der Waals surface area (Å²) in [6.07, 6.45) is -4.52. The van der Waals surface area contributed by atoms with E-state index in [1.165, 1.54) is 0 Å². The Bertz CT molecular complexity index is 405. The van der Waals surface area contributed by atoms with Gasteiger partial charge in [0, 0.05) is 19.5 Å². The standard InChI is InChI=1S/C9H12F3N3O3/c1-5-14-7(18-15-5)2-3-13-4-6(8(16)17)9(10,11)12/h6,13H,2-4H2,1H3,(H,16,17). The fourth-order valence-corrected chi connectivity index (χ4v) is 1.23. The average molecular weight is 267 g/mol. The van der Waals surface area contributed by atoms with Gasteiger partial charge in [0.25, 0.3) is 0 Å². The maximum Gasteiger partial charge on any atom is 0.403 e. The zero-order valence-corrected chi connectivity index (χ0v) is 9.49. The molecule has 0 bridgehead atoms. The first-order chi connectivity index (χ1) is 8.30. The molecule has 0 saturated heterocycles. The number of alkyl halides is 3. The number of nitrogens with zero attached hydrogens (tertiary/aromatic N) is 2. The van der Waals surface area contributed by atoms with Crippen LogP contribution in [0.15, 0.2) is 4.52 Å². The predicted molar refractivity (Wildman–Crippen MR) is 52.8 cm³/mol. The van der Waals surface area contributed by atoms with Crippen molar-refractivity contribution in [3.8, 4) is 0 Å². The van der Waals surface area contributed by atoms with Gasteiger partial charge in [0.15, 0.2) is 11.7 Å². The molecule has 1 aromatic rings. The molecule has 102 valence electrons. The number of aromatic nitrogens is 2. The quantitative estimate of drug-likeness (QED) is 0.740. The van der Waals surface area contributed by atoms with Crippen LogP contribution in [0.3, 0.4) is 0 Å². The second-order valence-electron chi connectivity index (χ2n) is 3.62. The lowest BCUT2D eigenvalue weighted by molar-refractivity contribution is -0.192. The second kappa shape index (κ2) is 5.80. The highest BCUT2D eigenvalue weighted by atomic mass is 19.4. The lowest BCUT2D eigenvalue weighted by atomic mass is 10.1. The third-order valence-corrected chi connectivity index (χ3v) is 2.13. The molecule has 0 aliphatic carbocycles. The molecule has 1 rings (SSSR count). The van der Waals surface area contributed by atoms with Crippen LogP contribution in [0, 0.1) is 12.8 Å². The van der Waals surface area contributed by atoms with Gasteiger partial charge in [0.2, 0.25) is 5.89 Å². The molecule has 1 unspecified atom stereocenters. The Balaban J connectivity index is 2.34. The molecule has 0 amide bonds. The number of halogens is 3. The van der Waals surface area contributed by atoms with Crippen LogP contribution in [-0.2, 0) is 11.2 Å². The van der Waals surface area contributed by atoms with Crippen molar-refractivity contribution in [3.63, 3.8) is 0 Å². The highest BCUT2D eigenvalue weighted by Gasteiger charge is 2.44. The fourth-order valence-electron chi connectivity index (χ4n) is 1.23. The van der Waals surface area contributed by atoms with E-state index in [4.69, 9.17) is 9.63 Å². The van der Waals surface area contributed by atoms with Crippen LogP contribution < -0.4 is 5.32 Å². The van der Waals surface area contributed by atoms with Crippen LogP contribution in [0.5, 0.6) is 0 Å². The van der Waals surface area contributed by atoms with Gasteiger partial charge < -0.3 is 14.9 Å². The Morgan fingerprint density at radius 3 is 2.67 bits per heavy atom. The van der Waals surface area contributed by atoms with Gasteiger partial charge in [0.1, 0.15) is 0 Å². The van der Waals surface area contributed by atoms with Gasteiger partial charge >= 0.3 is 12.1 Å². The Morgan fingerprint density at radius 1 is 1.56 bits per heavy atom. The summed E-state index contributed by atoms with van der Waals surface area (Å²) in [5.74, 6) is -3.59. The smallest absolute Gasteiger partial charge is 0.403 e. The second-order valence-corrected chi connectivity index (χ2v) is 3.62. The first-order valence-corrected chi connectivity index (χ1v) is 5.10. The maximum absolute atomic E-state index is 12.3. The van der Waals surface area contributed by atoms with Crippen molar-refractivity contribution < 1.29 is 27.6 Å². The first-order valence-electron chi connectivity index (χ1n) is 5.10. The molecular weight excluding hydrogens is 255 g/mol. The van der Waals surface area contributed by atoms with E-state index in [0.29, 0.717) is 11.7 Å². The number of hydrogen-bond donors (Lipinski definition) is 2. The summed E-state index contributed by atoms with van der Waals surface area (Å²) < 4.78 is 41.5. The Labute approximate surface area is 100 Å². The normalized spacial score (nSPS) is 13.6. The number of hydrogen-bond acceptors (Lipinski definition) is 5. The van der Waals surface area contributed by atoms with E-state index in [1.54, 1.807) is 6.92 Å². The van der Waals surface area contributed by atoms with Gasteiger partial charge in [-0.3, -0.25) is 4.79 Å². The van der Waals surface area contributed by atoms with E-state index >= 15 is 0 Å². The number of aliphatic carboxylic acids is 1. The number of aryl methyl sites for hydroxylation is 1. The molecule has 0 fully saturated rings. The summed E-state index contributed by atoms with van der Waals surface area (Å²) in [7, 11) is 0. The monoisotopic (exact) mass is 267 g/mol. The van der Waals surface area contributed by atoms with Gasteiger partial charge in [-0.2, -0.15) is 18.2 Å². The molecule has 6 nitrogen and oxygen atoms in total. The van der Waals surface area contributed by atoms with Crippen LogP contribution in [0.1, 0.15) is 11.7 Å².